The van der Waals surface area contributed by atoms with Crippen LogP contribution >= 0.6 is 0 Å². The molecule has 0 bridgehead atoms. The van der Waals surface area contributed by atoms with Gasteiger partial charge in [0.25, 0.3) is 12.4 Å². The first-order valence-corrected chi connectivity index (χ1v) is 10.1. The van der Waals surface area contributed by atoms with Crippen LogP contribution in [-0.4, -0.2) is 73.8 Å². The van der Waals surface area contributed by atoms with Crippen molar-refractivity contribution in [2.45, 2.75) is 25.9 Å². The van der Waals surface area contributed by atoms with Gasteiger partial charge in [0.1, 0.15) is 0 Å². The Hall–Kier alpha value is -2.24. The number of rotatable bonds is 5. The zero-order chi connectivity index (χ0) is 20.6. The fraction of sp³-hybridized carbons (Fsp3) is 0.562. The van der Waals surface area contributed by atoms with Gasteiger partial charge in [-0.3, -0.25) is 14.4 Å². The van der Waals surface area contributed by atoms with E-state index in [0.717, 1.165) is 6.26 Å². The minimum atomic E-state index is -3.27. The van der Waals surface area contributed by atoms with Crippen LogP contribution in [0.4, 0.5) is 0 Å². The van der Waals surface area contributed by atoms with Gasteiger partial charge >= 0.3 is 0 Å². The maximum Gasteiger partial charge on any atom is 0.290 e. The number of pyridine rings is 1. The molecule has 1 aromatic heterocycles. The van der Waals surface area contributed by atoms with E-state index in [1.165, 1.54) is 16.4 Å². The van der Waals surface area contributed by atoms with Crippen LogP contribution in [0.5, 0.6) is 0 Å². The number of hydrogen-bond acceptors (Lipinski definition) is 6. The molecule has 1 atom stereocenters. The first-order chi connectivity index (χ1) is 12.6. The smallest absolute Gasteiger partial charge is 0.290 e. The number of carbonyl (C=O) groups excluding carboxylic acids is 1. The van der Waals surface area contributed by atoms with Gasteiger partial charge in [0.05, 0.1) is 24.5 Å². The number of aromatic amines is 1. The van der Waals surface area contributed by atoms with Crippen LogP contribution in [-0.2, 0) is 19.6 Å². The van der Waals surface area contributed by atoms with Crippen molar-refractivity contribution in [3.05, 3.63) is 33.7 Å². The zero-order valence-corrected chi connectivity index (χ0v) is 16.3. The lowest BCUT2D eigenvalue weighted by Gasteiger charge is -2.31. The van der Waals surface area contributed by atoms with Crippen molar-refractivity contribution >= 4 is 22.4 Å². The SMILES string of the molecule is CC(C)c1[nH]c(=O)ccc1C(=O)NCC1CN(S(C)(=O)=O)CCO1.O=CO. The summed E-state index contributed by atoms with van der Waals surface area (Å²) in [6.07, 6.45) is 0.756. The highest BCUT2D eigenvalue weighted by molar-refractivity contribution is 7.88. The number of sulfonamides is 1. The summed E-state index contributed by atoms with van der Waals surface area (Å²) in [5.74, 6) is -0.332. The molecule has 1 saturated heterocycles. The Morgan fingerprint density at radius 1 is 1.48 bits per heavy atom. The second kappa shape index (κ2) is 10.2. The lowest BCUT2D eigenvalue weighted by molar-refractivity contribution is -0.122. The highest BCUT2D eigenvalue weighted by Crippen LogP contribution is 2.15. The molecule has 1 amide bonds. The summed E-state index contributed by atoms with van der Waals surface area (Å²) < 4.78 is 30.0. The lowest BCUT2D eigenvalue weighted by atomic mass is 10.0. The van der Waals surface area contributed by atoms with Crippen LogP contribution in [0.25, 0.3) is 0 Å². The number of nitrogens with zero attached hydrogens (tertiary/aromatic N) is 1. The number of amides is 1. The molecule has 27 heavy (non-hydrogen) atoms. The molecule has 0 radical (unpaired) electrons. The molecule has 3 N–H and O–H groups in total. The number of hydrogen-bond donors (Lipinski definition) is 3. The lowest BCUT2D eigenvalue weighted by Crippen LogP contribution is -2.49. The molecule has 2 rings (SSSR count). The normalized spacial score (nSPS) is 17.7. The van der Waals surface area contributed by atoms with E-state index in [1.54, 1.807) is 0 Å². The van der Waals surface area contributed by atoms with Crippen LogP contribution < -0.4 is 10.9 Å². The predicted octanol–water partition coefficient (Wildman–Crippen LogP) is -0.411. The maximum atomic E-state index is 12.4. The molecule has 152 valence electrons. The first kappa shape index (κ1) is 22.8. The number of carbonyl (C=O) groups is 2. The van der Waals surface area contributed by atoms with E-state index >= 15 is 0 Å². The fourth-order valence-corrected chi connectivity index (χ4v) is 3.41. The average molecular weight is 403 g/mol. The van der Waals surface area contributed by atoms with E-state index in [4.69, 9.17) is 14.6 Å². The molecule has 1 aromatic rings. The zero-order valence-electron chi connectivity index (χ0n) is 15.5. The van der Waals surface area contributed by atoms with Gasteiger partial charge in [-0.25, -0.2) is 8.42 Å². The molecule has 10 nitrogen and oxygen atoms in total. The molecular weight excluding hydrogens is 378 g/mol. The predicted molar refractivity (Wildman–Crippen MR) is 98.3 cm³/mol. The van der Waals surface area contributed by atoms with E-state index < -0.39 is 16.1 Å². The second-order valence-corrected chi connectivity index (χ2v) is 8.22. The van der Waals surface area contributed by atoms with E-state index in [-0.39, 0.29) is 36.9 Å². The van der Waals surface area contributed by atoms with E-state index in [0.29, 0.717) is 24.4 Å². The van der Waals surface area contributed by atoms with E-state index in [9.17, 15) is 18.0 Å². The van der Waals surface area contributed by atoms with Crippen LogP contribution in [0.1, 0.15) is 35.8 Å². The summed E-state index contributed by atoms with van der Waals surface area (Å²) in [6, 6.07) is 2.80. The Balaban J connectivity index is 0.00000114. The highest BCUT2D eigenvalue weighted by atomic mass is 32.2. The molecule has 1 aliphatic rings. The molecule has 11 heteroatoms. The number of aromatic nitrogens is 1. The molecule has 0 spiro atoms. The van der Waals surface area contributed by atoms with Gasteiger partial charge in [0, 0.05) is 31.4 Å². The molecule has 1 aliphatic heterocycles. The topological polar surface area (TPSA) is 146 Å². The largest absolute Gasteiger partial charge is 0.483 e. The minimum Gasteiger partial charge on any atom is -0.483 e. The summed E-state index contributed by atoms with van der Waals surface area (Å²) in [4.78, 5) is 34.9. The highest BCUT2D eigenvalue weighted by Gasteiger charge is 2.27. The second-order valence-electron chi connectivity index (χ2n) is 6.23. The molecule has 0 saturated carbocycles. The quantitative estimate of drug-likeness (QED) is 0.566. The minimum absolute atomic E-state index is 0.00805. The monoisotopic (exact) mass is 403 g/mol. The number of nitrogens with one attached hydrogen (secondary N) is 2. The number of H-pyrrole nitrogens is 1. The van der Waals surface area contributed by atoms with Gasteiger partial charge in [-0.05, 0) is 12.0 Å². The number of morpholine rings is 1. The van der Waals surface area contributed by atoms with Crippen molar-refractivity contribution in [3.63, 3.8) is 0 Å². The third-order valence-corrected chi connectivity index (χ3v) is 5.10. The average Bonchev–Trinajstić information content (AvgIpc) is 2.59. The molecular formula is C16H25N3O7S. The van der Waals surface area contributed by atoms with Gasteiger partial charge in [-0.1, -0.05) is 13.8 Å². The summed E-state index contributed by atoms with van der Waals surface area (Å²) in [5, 5.41) is 9.64. The van der Waals surface area contributed by atoms with Crippen LogP contribution in [0.2, 0.25) is 0 Å². The van der Waals surface area contributed by atoms with E-state index in [1.807, 2.05) is 13.8 Å². The Labute approximate surface area is 157 Å². The van der Waals surface area contributed by atoms with Gasteiger partial charge in [-0.2, -0.15) is 4.31 Å². The van der Waals surface area contributed by atoms with Crippen molar-refractivity contribution in [2.75, 3.05) is 32.5 Å². The van der Waals surface area contributed by atoms with Crippen molar-refractivity contribution in [1.82, 2.24) is 14.6 Å². The summed E-state index contributed by atoms with van der Waals surface area (Å²) in [5.41, 5.74) is 0.720. The summed E-state index contributed by atoms with van der Waals surface area (Å²) >= 11 is 0. The number of ether oxygens (including phenoxy) is 1. The van der Waals surface area contributed by atoms with Gasteiger partial charge < -0.3 is 20.1 Å². The van der Waals surface area contributed by atoms with Crippen LogP contribution in [0, 0.1) is 0 Å². The van der Waals surface area contributed by atoms with Crippen molar-refractivity contribution < 1.29 is 27.9 Å². The molecule has 1 fully saturated rings. The summed E-state index contributed by atoms with van der Waals surface area (Å²) in [6.45, 7) is 4.54. The van der Waals surface area contributed by atoms with Crippen LogP contribution in [0.3, 0.4) is 0 Å². The van der Waals surface area contributed by atoms with Crippen molar-refractivity contribution in [2.24, 2.45) is 0 Å². The molecule has 0 aromatic carbocycles. The Morgan fingerprint density at radius 3 is 2.67 bits per heavy atom. The third kappa shape index (κ3) is 7.12. The Kier molecular flexibility index (Phi) is 8.60. The molecule has 1 unspecified atom stereocenters. The first-order valence-electron chi connectivity index (χ1n) is 8.26. The fourth-order valence-electron chi connectivity index (χ4n) is 2.56. The van der Waals surface area contributed by atoms with Gasteiger partial charge in [0.2, 0.25) is 15.6 Å². The van der Waals surface area contributed by atoms with Crippen LogP contribution in [0.15, 0.2) is 16.9 Å². The molecule has 0 aliphatic carbocycles. The van der Waals surface area contributed by atoms with Crippen molar-refractivity contribution in [1.29, 1.82) is 0 Å². The Morgan fingerprint density at radius 2 is 2.11 bits per heavy atom. The van der Waals surface area contributed by atoms with E-state index in [2.05, 4.69) is 10.3 Å². The maximum absolute atomic E-state index is 12.4. The third-order valence-electron chi connectivity index (χ3n) is 3.83. The standard InChI is InChI=1S/C15H23N3O5S.CH2O2/c1-10(2)14-12(4-5-13(19)17-14)15(20)16-8-11-9-18(6-7-23-11)24(3,21)22;2-1-3/h4-5,10-11H,6-9H2,1-3H3,(H,16,20)(H,17,19);1H,(H,2,3). The summed E-state index contributed by atoms with van der Waals surface area (Å²) in [7, 11) is -3.27. The van der Waals surface area contributed by atoms with Gasteiger partial charge in [-0.15, -0.1) is 0 Å². The Bertz CT molecular complexity index is 804. The molecule has 2 heterocycles. The number of carboxylic acid groups (broad SMARTS) is 1. The van der Waals surface area contributed by atoms with Crippen molar-refractivity contribution in [3.8, 4) is 0 Å². The van der Waals surface area contributed by atoms with Gasteiger partial charge in [0.15, 0.2) is 0 Å².